The van der Waals surface area contributed by atoms with E-state index in [1.165, 1.54) is 0 Å². The van der Waals surface area contributed by atoms with Crippen LogP contribution in [-0.4, -0.2) is 67.4 Å². The number of hydrogen-bond acceptors (Lipinski definition) is 4. The molecule has 3 rings (SSSR count). The number of carbonyl (C=O) groups excluding carboxylic acids is 2. The lowest BCUT2D eigenvalue weighted by atomic mass is 10.1. The number of hydrogen-bond donors (Lipinski definition) is 0. The van der Waals surface area contributed by atoms with Gasteiger partial charge in [-0.2, -0.15) is 0 Å². The van der Waals surface area contributed by atoms with E-state index < -0.39 is 0 Å². The molecule has 2 aliphatic heterocycles. The average molecular weight is 274 g/mol. The number of nitrogens with zero attached hydrogens (tertiary/aromatic N) is 2. The second kappa shape index (κ2) is 5.73. The summed E-state index contributed by atoms with van der Waals surface area (Å²) in [7, 11) is 0. The minimum atomic E-state index is 0.0481. The van der Waals surface area contributed by atoms with Crippen LogP contribution in [0.25, 0.3) is 0 Å². The van der Waals surface area contributed by atoms with Crippen molar-refractivity contribution in [3.8, 4) is 0 Å². The van der Waals surface area contributed by atoms with E-state index in [4.69, 9.17) is 4.74 Å². The molecule has 2 aliphatic rings. The Morgan fingerprint density at radius 1 is 1.10 bits per heavy atom. The van der Waals surface area contributed by atoms with Crippen LogP contribution in [0.2, 0.25) is 0 Å². The van der Waals surface area contributed by atoms with Gasteiger partial charge in [-0.3, -0.25) is 14.5 Å². The highest BCUT2D eigenvalue weighted by molar-refractivity contribution is 5.95. The summed E-state index contributed by atoms with van der Waals surface area (Å²) in [4.78, 5) is 27.2. The maximum absolute atomic E-state index is 12.4. The molecule has 0 unspecified atom stereocenters. The summed E-state index contributed by atoms with van der Waals surface area (Å²) in [6.07, 6.45) is 0.785. The first-order valence-corrected chi connectivity index (χ1v) is 6.94. The van der Waals surface area contributed by atoms with E-state index in [1.54, 1.807) is 24.3 Å². The van der Waals surface area contributed by atoms with Crippen molar-refractivity contribution in [1.29, 1.82) is 0 Å². The molecule has 20 heavy (non-hydrogen) atoms. The lowest BCUT2D eigenvalue weighted by Crippen LogP contribution is -2.57. The topological polar surface area (TPSA) is 49.9 Å². The van der Waals surface area contributed by atoms with Gasteiger partial charge in [0.1, 0.15) is 6.29 Å². The van der Waals surface area contributed by atoms with Crippen LogP contribution in [0.4, 0.5) is 0 Å². The number of aldehydes is 1. The Hall–Kier alpha value is -1.72. The summed E-state index contributed by atoms with van der Waals surface area (Å²) in [5.74, 6) is 0.0481. The van der Waals surface area contributed by atoms with Gasteiger partial charge in [-0.05, 0) is 12.1 Å². The molecule has 1 aromatic carbocycles. The minimum absolute atomic E-state index is 0.0481. The number of carbonyl (C=O) groups is 2. The summed E-state index contributed by atoms with van der Waals surface area (Å²) in [6, 6.07) is 7.35. The smallest absolute Gasteiger partial charge is 0.253 e. The molecule has 5 nitrogen and oxygen atoms in total. The highest BCUT2D eigenvalue weighted by Crippen LogP contribution is 2.15. The molecule has 1 aromatic rings. The van der Waals surface area contributed by atoms with Crippen LogP contribution in [0.5, 0.6) is 0 Å². The van der Waals surface area contributed by atoms with Gasteiger partial charge in [-0.25, -0.2) is 0 Å². The molecule has 0 aliphatic carbocycles. The van der Waals surface area contributed by atoms with Crippen LogP contribution in [-0.2, 0) is 4.74 Å². The van der Waals surface area contributed by atoms with Crippen LogP contribution < -0.4 is 0 Å². The van der Waals surface area contributed by atoms with E-state index >= 15 is 0 Å². The van der Waals surface area contributed by atoms with Gasteiger partial charge in [-0.1, -0.05) is 12.1 Å². The molecule has 2 saturated heterocycles. The van der Waals surface area contributed by atoms with Gasteiger partial charge in [0.2, 0.25) is 0 Å². The van der Waals surface area contributed by atoms with Crippen molar-refractivity contribution in [2.24, 2.45) is 0 Å². The van der Waals surface area contributed by atoms with Gasteiger partial charge in [-0.15, -0.1) is 0 Å². The molecular formula is C15H18N2O3. The summed E-state index contributed by atoms with van der Waals surface area (Å²) in [6.45, 7) is 4.97. The van der Waals surface area contributed by atoms with Crippen molar-refractivity contribution in [3.05, 3.63) is 35.4 Å². The number of amides is 1. The molecule has 1 amide bonds. The zero-order valence-electron chi connectivity index (χ0n) is 11.3. The van der Waals surface area contributed by atoms with E-state index in [9.17, 15) is 9.59 Å². The van der Waals surface area contributed by atoms with Crippen molar-refractivity contribution in [3.63, 3.8) is 0 Å². The van der Waals surface area contributed by atoms with Crippen LogP contribution >= 0.6 is 0 Å². The molecule has 0 bridgehead atoms. The summed E-state index contributed by atoms with van der Waals surface area (Å²) >= 11 is 0. The number of rotatable bonds is 3. The van der Waals surface area contributed by atoms with Crippen LogP contribution in [0.15, 0.2) is 24.3 Å². The number of benzene rings is 1. The van der Waals surface area contributed by atoms with E-state index in [0.29, 0.717) is 17.2 Å². The summed E-state index contributed by atoms with van der Waals surface area (Å²) < 4.78 is 5.20. The first kappa shape index (κ1) is 13.3. The van der Waals surface area contributed by atoms with Crippen molar-refractivity contribution in [2.75, 3.05) is 39.4 Å². The normalized spacial score (nSPS) is 20.5. The standard InChI is InChI=1S/C15H18N2O3/c18-9-12-1-3-13(4-2-12)15(19)17-7-5-16(6-8-17)14-10-20-11-14/h1-4,9,14H,5-8,10-11H2. The Kier molecular flexibility index (Phi) is 3.80. The van der Waals surface area contributed by atoms with Gasteiger partial charge in [0, 0.05) is 37.3 Å². The molecular weight excluding hydrogens is 256 g/mol. The van der Waals surface area contributed by atoms with Crippen molar-refractivity contribution in [2.45, 2.75) is 6.04 Å². The molecule has 2 fully saturated rings. The van der Waals surface area contributed by atoms with Crippen molar-refractivity contribution < 1.29 is 14.3 Å². The Morgan fingerprint density at radius 3 is 2.25 bits per heavy atom. The van der Waals surface area contributed by atoms with Gasteiger partial charge in [0.15, 0.2) is 0 Å². The maximum atomic E-state index is 12.4. The third-order valence-electron chi connectivity index (χ3n) is 4.03. The van der Waals surface area contributed by atoms with Crippen molar-refractivity contribution >= 4 is 12.2 Å². The fraction of sp³-hybridized carbons (Fsp3) is 0.467. The SMILES string of the molecule is O=Cc1ccc(C(=O)N2CCN(C3COC3)CC2)cc1. The lowest BCUT2D eigenvalue weighted by Gasteiger charge is -2.42. The first-order chi connectivity index (χ1) is 9.78. The number of piperazine rings is 1. The molecule has 0 radical (unpaired) electrons. The molecule has 2 heterocycles. The number of ether oxygens (including phenoxy) is 1. The molecule has 106 valence electrons. The second-order valence-electron chi connectivity index (χ2n) is 5.26. The zero-order chi connectivity index (χ0) is 13.9. The fourth-order valence-corrected chi connectivity index (χ4v) is 2.61. The van der Waals surface area contributed by atoms with Crippen LogP contribution in [0.3, 0.4) is 0 Å². The van der Waals surface area contributed by atoms with Gasteiger partial charge in [0.05, 0.1) is 19.3 Å². The minimum Gasteiger partial charge on any atom is -0.378 e. The van der Waals surface area contributed by atoms with E-state index in [2.05, 4.69) is 4.90 Å². The molecule has 0 spiro atoms. The highest BCUT2D eigenvalue weighted by Gasteiger charge is 2.30. The van der Waals surface area contributed by atoms with Crippen LogP contribution in [0.1, 0.15) is 20.7 Å². The molecule has 5 heteroatoms. The van der Waals surface area contributed by atoms with Crippen molar-refractivity contribution in [1.82, 2.24) is 9.80 Å². The van der Waals surface area contributed by atoms with Gasteiger partial charge < -0.3 is 9.64 Å². The highest BCUT2D eigenvalue weighted by atomic mass is 16.5. The Balaban J connectivity index is 1.58. The van der Waals surface area contributed by atoms with Gasteiger partial charge in [0.25, 0.3) is 5.91 Å². The van der Waals surface area contributed by atoms with E-state index in [0.717, 1.165) is 45.7 Å². The van der Waals surface area contributed by atoms with Crippen LogP contribution in [0, 0.1) is 0 Å². The quantitative estimate of drug-likeness (QED) is 0.760. The predicted octanol–water partition coefficient (Wildman–Crippen LogP) is 0.656. The second-order valence-corrected chi connectivity index (χ2v) is 5.26. The summed E-state index contributed by atoms with van der Waals surface area (Å²) in [5.41, 5.74) is 1.24. The zero-order valence-corrected chi connectivity index (χ0v) is 11.3. The van der Waals surface area contributed by atoms with E-state index in [1.807, 2.05) is 4.90 Å². The van der Waals surface area contributed by atoms with E-state index in [-0.39, 0.29) is 5.91 Å². The monoisotopic (exact) mass is 274 g/mol. The third kappa shape index (κ3) is 2.59. The Morgan fingerprint density at radius 2 is 1.75 bits per heavy atom. The Bertz CT molecular complexity index is 488. The molecule has 0 N–H and O–H groups in total. The summed E-state index contributed by atoms with van der Waals surface area (Å²) in [5, 5.41) is 0. The fourth-order valence-electron chi connectivity index (χ4n) is 2.61. The lowest BCUT2D eigenvalue weighted by molar-refractivity contribution is -0.0746. The maximum Gasteiger partial charge on any atom is 0.253 e. The molecule has 0 atom stereocenters. The predicted molar refractivity (Wildman–Crippen MR) is 73.9 cm³/mol. The Labute approximate surface area is 118 Å². The van der Waals surface area contributed by atoms with Gasteiger partial charge >= 0.3 is 0 Å². The molecule has 0 aromatic heterocycles. The average Bonchev–Trinajstić information content (AvgIpc) is 2.46. The molecule has 0 saturated carbocycles. The third-order valence-corrected chi connectivity index (χ3v) is 4.03. The first-order valence-electron chi connectivity index (χ1n) is 6.94. The largest absolute Gasteiger partial charge is 0.378 e.